The molecule has 4 nitrogen and oxygen atoms in total. The van der Waals surface area contributed by atoms with E-state index in [1.165, 1.54) is 5.56 Å². The van der Waals surface area contributed by atoms with Gasteiger partial charge in [0, 0.05) is 29.3 Å². The summed E-state index contributed by atoms with van der Waals surface area (Å²) in [5, 5.41) is 0. The maximum atomic E-state index is 12.9. The SMILES string of the molecule is O=C(CN1C(=O)CCSc2ccccc21)N1CCc2ccccc21. The lowest BCUT2D eigenvalue weighted by molar-refractivity contribution is -0.122. The monoisotopic (exact) mass is 338 g/mol. The van der Waals surface area contributed by atoms with Crippen LogP contribution in [0.2, 0.25) is 0 Å². The molecule has 0 bridgehead atoms. The highest BCUT2D eigenvalue weighted by atomic mass is 32.2. The second-order valence-corrected chi connectivity index (χ2v) is 7.11. The zero-order valence-corrected chi connectivity index (χ0v) is 14.1. The fraction of sp³-hybridized carbons (Fsp3) is 0.263. The predicted molar refractivity (Wildman–Crippen MR) is 96.6 cm³/mol. The highest BCUT2D eigenvalue weighted by Crippen LogP contribution is 2.34. The summed E-state index contributed by atoms with van der Waals surface area (Å²) >= 11 is 1.68. The van der Waals surface area contributed by atoms with Gasteiger partial charge < -0.3 is 9.80 Å². The average Bonchev–Trinajstić information content (AvgIpc) is 2.97. The van der Waals surface area contributed by atoms with Crippen molar-refractivity contribution in [2.45, 2.75) is 17.7 Å². The zero-order chi connectivity index (χ0) is 16.5. The van der Waals surface area contributed by atoms with Gasteiger partial charge in [0.15, 0.2) is 0 Å². The van der Waals surface area contributed by atoms with Crippen LogP contribution < -0.4 is 9.80 Å². The van der Waals surface area contributed by atoms with E-state index >= 15 is 0 Å². The Bertz CT molecular complexity index is 805. The number of carbonyl (C=O) groups excluding carboxylic acids is 2. The minimum absolute atomic E-state index is 0.0185. The molecule has 0 aromatic heterocycles. The number of anilines is 2. The Kier molecular flexibility index (Phi) is 4.02. The highest BCUT2D eigenvalue weighted by Gasteiger charge is 2.29. The molecular weight excluding hydrogens is 320 g/mol. The van der Waals surface area contributed by atoms with Gasteiger partial charge in [-0.1, -0.05) is 30.3 Å². The predicted octanol–water partition coefficient (Wildman–Crippen LogP) is 3.10. The molecule has 2 aromatic rings. The lowest BCUT2D eigenvalue weighted by Gasteiger charge is -2.25. The molecule has 2 aliphatic heterocycles. The van der Waals surface area contributed by atoms with Gasteiger partial charge in [-0.15, -0.1) is 11.8 Å². The van der Waals surface area contributed by atoms with Gasteiger partial charge >= 0.3 is 0 Å². The van der Waals surface area contributed by atoms with Crippen molar-refractivity contribution in [1.82, 2.24) is 0 Å². The number of nitrogens with zero attached hydrogens (tertiary/aromatic N) is 2. The van der Waals surface area contributed by atoms with Gasteiger partial charge in [-0.25, -0.2) is 0 Å². The van der Waals surface area contributed by atoms with Gasteiger partial charge in [0.2, 0.25) is 11.8 Å². The van der Waals surface area contributed by atoms with E-state index in [2.05, 4.69) is 6.07 Å². The van der Waals surface area contributed by atoms with Crippen LogP contribution in [0.25, 0.3) is 0 Å². The molecule has 0 N–H and O–H groups in total. The number of hydrogen-bond acceptors (Lipinski definition) is 3. The van der Waals surface area contributed by atoms with E-state index < -0.39 is 0 Å². The molecule has 5 heteroatoms. The zero-order valence-electron chi connectivity index (χ0n) is 13.3. The molecule has 0 aliphatic carbocycles. The maximum Gasteiger partial charge on any atom is 0.247 e. The van der Waals surface area contributed by atoms with E-state index in [1.54, 1.807) is 16.7 Å². The Morgan fingerprint density at radius 3 is 2.62 bits per heavy atom. The summed E-state index contributed by atoms with van der Waals surface area (Å²) in [4.78, 5) is 29.9. The lowest BCUT2D eigenvalue weighted by atomic mass is 10.2. The minimum atomic E-state index is -0.0185. The highest BCUT2D eigenvalue weighted by molar-refractivity contribution is 7.99. The maximum absolute atomic E-state index is 12.9. The first-order valence-electron chi connectivity index (χ1n) is 8.14. The number of benzene rings is 2. The standard InChI is InChI=1S/C19H18N2O2S/c22-18-10-12-24-17-8-4-3-7-16(17)21(18)13-19(23)20-11-9-14-5-1-2-6-15(14)20/h1-8H,9-13H2. The van der Waals surface area contributed by atoms with Gasteiger partial charge in [-0.3, -0.25) is 9.59 Å². The summed E-state index contributed by atoms with van der Waals surface area (Å²) in [5.41, 5.74) is 3.03. The van der Waals surface area contributed by atoms with Gasteiger partial charge in [0.1, 0.15) is 6.54 Å². The number of amides is 2. The van der Waals surface area contributed by atoms with E-state index in [-0.39, 0.29) is 18.4 Å². The average molecular weight is 338 g/mol. The molecule has 0 saturated carbocycles. The summed E-state index contributed by atoms with van der Waals surface area (Å²) in [5.74, 6) is 0.760. The summed E-state index contributed by atoms with van der Waals surface area (Å²) in [6, 6.07) is 15.8. The summed E-state index contributed by atoms with van der Waals surface area (Å²) in [7, 11) is 0. The summed E-state index contributed by atoms with van der Waals surface area (Å²) in [6.07, 6.45) is 1.34. The molecule has 24 heavy (non-hydrogen) atoms. The molecule has 2 aliphatic rings. The minimum Gasteiger partial charge on any atom is -0.310 e. The van der Waals surface area contributed by atoms with Gasteiger partial charge in [0.25, 0.3) is 0 Å². The van der Waals surface area contributed by atoms with Crippen LogP contribution in [0.4, 0.5) is 11.4 Å². The number of para-hydroxylation sites is 2. The fourth-order valence-electron chi connectivity index (χ4n) is 3.31. The van der Waals surface area contributed by atoms with Crippen molar-refractivity contribution < 1.29 is 9.59 Å². The van der Waals surface area contributed by atoms with Crippen LogP contribution in [0, 0.1) is 0 Å². The number of carbonyl (C=O) groups is 2. The van der Waals surface area contributed by atoms with Crippen molar-refractivity contribution in [2.75, 3.05) is 28.6 Å². The van der Waals surface area contributed by atoms with Crippen LogP contribution in [-0.4, -0.2) is 30.7 Å². The van der Waals surface area contributed by atoms with E-state index in [0.717, 1.165) is 28.4 Å². The first kappa shape index (κ1) is 15.3. The molecule has 122 valence electrons. The normalized spacial score (nSPS) is 16.6. The second-order valence-electron chi connectivity index (χ2n) is 5.97. The smallest absolute Gasteiger partial charge is 0.247 e. The van der Waals surface area contributed by atoms with Crippen LogP contribution in [0.1, 0.15) is 12.0 Å². The Balaban J connectivity index is 1.61. The fourth-order valence-corrected chi connectivity index (χ4v) is 4.31. The molecule has 2 amide bonds. The molecule has 0 saturated heterocycles. The Hall–Kier alpha value is -2.27. The van der Waals surface area contributed by atoms with Crippen LogP contribution in [-0.2, 0) is 16.0 Å². The third kappa shape index (κ3) is 2.69. The van der Waals surface area contributed by atoms with Crippen molar-refractivity contribution in [3.8, 4) is 0 Å². The topological polar surface area (TPSA) is 40.6 Å². The second kappa shape index (κ2) is 6.32. The number of hydrogen-bond donors (Lipinski definition) is 0. The molecule has 0 unspecified atom stereocenters. The molecular formula is C19H18N2O2S. The van der Waals surface area contributed by atoms with Crippen molar-refractivity contribution in [2.24, 2.45) is 0 Å². The molecule has 2 aromatic carbocycles. The molecule has 0 atom stereocenters. The molecule has 0 spiro atoms. The molecule has 0 radical (unpaired) electrons. The lowest BCUT2D eigenvalue weighted by Crippen LogP contribution is -2.42. The van der Waals surface area contributed by atoms with Crippen molar-refractivity contribution >= 4 is 35.0 Å². The number of thioether (sulfide) groups is 1. The summed E-state index contributed by atoms with van der Waals surface area (Å²) in [6.45, 7) is 0.793. The Labute approximate surface area is 145 Å². The van der Waals surface area contributed by atoms with Crippen molar-refractivity contribution in [3.05, 3.63) is 54.1 Å². The number of rotatable bonds is 2. The van der Waals surface area contributed by atoms with Crippen LogP contribution >= 0.6 is 11.8 Å². The van der Waals surface area contributed by atoms with Crippen LogP contribution in [0.3, 0.4) is 0 Å². The van der Waals surface area contributed by atoms with Crippen molar-refractivity contribution in [3.63, 3.8) is 0 Å². The van der Waals surface area contributed by atoms with Gasteiger partial charge in [-0.2, -0.15) is 0 Å². The van der Waals surface area contributed by atoms with E-state index in [9.17, 15) is 9.59 Å². The largest absolute Gasteiger partial charge is 0.310 e. The van der Waals surface area contributed by atoms with Gasteiger partial charge in [-0.05, 0) is 30.2 Å². The summed E-state index contributed by atoms with van der Waals surface area (Å²) < 4.78 is 0. The van der Waals surface area contributed by atoms with Crippen LogP contribution in [0.5, 0.6) is 0 Å². The molecule has 0 fully saturated rings. The van der Waals surface area contributed by atoms with E-state index in [0.29, 0.717) is 13.0 Å². The Morgan fingerprint density at radius 2 is 1.75 bits per heavy atom. The van der Waals surface area contributed by atoms with E-state index in [4.69, 9.17) is 0 Å². The molecule has 2 heterocycles. The quantitative estimate of drug-likeness (QED) is 0.845. The van der Waals surface area contributed by atoms with E-state index in [1.807, 2.05) is 47.4 Å². The third-order valence-electron chi connectivity index (χ3n) is 4.51. The van der Waals surface area contributed by atoms with Crippen LogP contribution in [0.15, 0.2) is 53.4 Å². The number of fused-ring (bicyclic) bond motifs is 2. The molecule has 4 rings (SSSR count). The first-order chi connectivity index (χ1) is 11.7. The first-order valence-corrected chi connectivity index (χ1v) is 9.13. The van der Waals surface area contributed by atoms with Crippen molar-refractivity contribution in [1.29, 1.82) is 0 Å². The Morgan fingerprint density at radius 1 is 1.00 bits per heavy atom. The third-order valence-corrected chi connectivity index (χ3v) is 5.58. The van der Waals surface area contributed by atoms with Gasteiger partial charge in [0.05, 0.1) is 5.69 Å².